The second-order valence-electron chi connectivity index (χ2n) is 17.5. The van der Waals surface area contributed by atoms with Crippen molar-refractivity contribution in [1.29, 1.82) is 0 Å². The molecule has 0 atom stereocenters. The third-order valence-electron chi connectivity index (χ3n) is 12.8. The van der Waals surface area contributed by atoms with Crippen LogP contribution in [0.5, 0.6) is 0 Å². The lowest BCUT2D eigenvalue weighted by Gasteiger charge is -2.31. The first-order valence-electron chi connectivity index (χ1n) is 22.4. The number of hydrogen-bond donors (Lipinski definition) is 6. The number of aromatic amines is 4. The summed E-state index contributed by atoms with van der Waals surface area (Å²) >= 11 is 0. The van der Waals surface area contributed by atoms with Crippen molar-refractivity contribution >= 4 is 73.4 Å². The number of aromatic nitrogens is 8. The summed E-state index contributed by atoms with van der Waals surface area (Å²) < 4.78 is 13.4. The number of fused-ring (bicyclic) bond motifs is 4. The molecule has 7 heterocycles. The van der Waals surface area contributed by atoms with Gasteiger partial charge in [-0.15, -0.1) is 0 Å². The molecule has 1 aliphatic heterocycles. The van der Waals surface area contributed by atoms with Crippen LogP contribution in [-0.2, 0) is 13.1 Å². The number of anilines is 2. The summed E-state index contributed by atoms with van der Waals surface area (Å²) in [6.45, 7) is 3.58. The second kappa shape index (κ2) is 17.0. The zero-order valence-electron chi connectivity index (χ0n) is 37.2. The first kappa shape index (κ1) is 42.0. The van der Waals surface area contributed by atoms with Gasteiger partial charge in [-0.25, -0.2) is 24.3 Å². The van der Waals surface area contributed by atoms with Crippen LogP contribution in [0.4, 0.5) is 16.0 Å². The number of nitrogen functional groups attached to an aromatic ring is 1. The zero-order chi connectivity index (χ0) is 46.6. The second-order valence-corrected chi connectivity index (χ2v) is 17.5. The lowest BCUT2D eigenvalue weighted by atomic mass is 9.88. The van der Waals surface area contributed by atoms with Crippen molar-refractivity contribution in [3.8, 4) is 22.5 Å². The summed E-state index contributed by atoms with van der Waals surface area (Å²) in [5.74, 6) is 1.42. The smallest absolute Gasteiger partial charge is 0.253 e. The standard InChI is InChI=1S/C52H45FN12O3/c1-28-56-46-38(41-21-32-8-9-34(22-40(32)59-41)51(67)64(2)27-29-6-4-3-5-7-29)25-44(62-49(46)57-28)55-26-45-61-47-37(24-43(54)60-50(47)63-45)42-23-35-20-33(12-15-39(35)58-42)52(68)65-18-16-31(17-19-65)48(66)30-10-13-36(53)14-11-30/h3-15,20-25,31,58-59H,16-19,26-27H2,1-2H3,(H3,54,60,61,63)(H2,55,56,57,62). The minimum absolute atomic E-state index is 0.0186. The molecular weight excluding hydrogens is 860 g/mol. The summed E-state index contributed by atoms with van der Waals surface area (Å²) in [5.41, 5.74) is 16.4. The molecule has 4 aromatic carbocycles. The van der Waals surface area contributed by atoms with Crippen LogP contribution >= 0.6 is 0 Å². The van der Waals surface area contributed by atoms with E-state index in [0.29, 0.717) is 83.4 Å². The summed E-state index contributed by atoms with van der Waals surface area (Å²) in [7, 11) is 1.81. The lowest BCUT2D eigenvalue weighted by molar-refractivity contribution is 0.0650. The maximum Gasteiger partial charge on any atom is 0.253 e. The number of H-pyrrole nitrogens is 4. The molecule has 10 aromatic rings. The van der Waals surface area contributed by atoms with Gasteiger partial charge in [0.15, 0.2) is 17.1 Å². The summed E-state index contributed by atoms with van der Waals surface area (Å²) in [5, 5.41) is 5.23. The van der Waals surface area contributed by atoms with Crippen molar-refractivity contribution in [2.75, 3.05) is 31.2 Å². The molecule has 0 spiro atoms. The van der Waals surface area contributed by atoms with E-state index in [2.05, 4.69) is 41.3 Å². The number of piperidine rings is 1. The van der Waals surface area contributed by atoms with Crippen LogP contribution in [0, 0.1) is 18.7 Å². The third-order valence-corrected chi connectivity index (χ3v) is 12.8. The Morgan fingerprint density at radius 1 is 0.721 bits per heavy atom. The van der Waals surface area contributed by atoms with Gasteiger partial charge in [0, 0.05) is 93.6 Å². The molecular formula is C52H45FN12O3. The number of halogens is 1. The molecule has 16 heteroatoms. The van der Waals surface area contributed by atoms with Crippen molar-refractivity contribution in [3.63, 3.8) is 0 Å². The van der Waals surface area contributed by atoms with Gasteiger partial charge in [0.2, 0.25) is 0 Å². The molecule has 0 aliphatic carbocycles. The molecule has 0 saturated carbocycles. The zero-order valence-corrected chi connectivity index (χ0v) is 37.2. The summed E-state index contributed by atoms with van der Waals surface area (Å²) in [6.07, 6.45) is 1.09. The van der Waals surface area contributed by atoms with Crippen molar-refractivity contribution in [1.82, 2.24) is 49.7 Å². The van der Waals surface area contributed by atoms with Gasteiger partial charge in [-0.3, -0.25) is 14.4 Å². The number of carbonyl (C=O) groups excluding carboxylic acids is 3. The third kappa shape index (κ3) is 8.05. The largest absolute Gasteiger partial charge is 0.384 e. The summed E-state index contributed by atoms with van der Waals surface area (Å²) in [6, 6.07) is 34.6. The highest BCUT2D eigenvalue weighted by Gasteiger charge is 2.29. The number of aryl methyl sites for hydroxylation is 1. The van der Waals surface area contributed by atoms with E-state index >= 15 is 0 Å². The number of benzene rings is 4. The number of ketones is 1. The van der Waals surface area contributed by atoms with Gasteiger partial charge in [-0.2, -0.15) is 0 Å². The highest BCUT2D eigenvalue weighted by Crippen LogP contribution is 2.34. The van der Waals surface area contributed by atoms with Crippen LogP contribution < -0.4 is 11.1 Å². The van der Waals surface area contributed by atoms with Crippen molar-refractivity contribution in [3.05, 3.63) is 155 Å². The van der Waals surface area contributed by atoms with E-state index in [1.54, 1.807) is 15.9 Å². The van der Waals surface area contributed by atoms with Gasteiger partial charge in [0.05, 0.1) is 17.6 Å². The average Bonchev–Trinajstić information content (AvgIpc) is 4.16. The molecule has 1 fully saturated rings. The van der Waals surface area contributed by atoms with Gasteiger partial charge < -0.3 is 40.8 Å². The van der Waals surface area contributed by atoms with Crippen LogP contribution in [0.15, 0.2) is 115 Å². The van der Waals surface area contributed by atoms with E-state index in [1.807, 2.05) is 92.8 Å². The number of nitrogens with zero attached hydrogens (tertiary/aromatic N) is 6. The number of nitrogens with one attached hydrogen (secondary N) is 5. The molecule has 6 aromatic heterocycles. The number of hydrogen-bond acceptors (Lipinski definition) is 9. The lowest BCUT2D eigenvalue weighted by Crippen LogP contribution is -2.40. The van der Waals surface area contributed by atoms with E-state index < -0.39 is 0 Å². The van der Waals surface area contributed by atoms with Crippen LogP contribution in [0.2, 0.25) is 0 Å². The Kier molecular flexibility index (Phi) is 10.5. The Bertz CT molecular complexity index is 3580. The van der Waals surface area contributed by atoms with Crippen molar-refractivity contribution in [2.24, 2.45) is 5.92 Å². The number of imidazole rings is 2. The Balaban J connectivity index is 0.806. The molecule has 7 N–H and O–H groups in total. The molecule has 1 aliphatic rings. The number of pyridine rings is 2. The number of carbonyl (C=O) groups is 3. The first-order chi connectivity index (χ1) is 33.0. The van der Waals surface area contributed by atoms with Gasteiger partial charge in [0.1, 0.15) is 29.1 Å². The first-order valence-corrected chi connectivity index (χ1v) is 22.4. The molecule has 11 rings (SSSR count). The van der Waals surface area contributed by atoms with Gasteiger partial charge in [-0.05, 0) is 104 Å². The molecule has 2 amide bonds. The topological polar surface area (TPSA) is 210 Å². The Morgan fingerprint density at radius 3 is 2.21 bits per heavy atom. The van der Waals surface area contributed by atoms with E-state index in [4.69, 9.17) is 15.7 Å². The normalized spacial score (nSPS) is 13.2. The van der Waals surface area contributed by atoms with E-state index in [0.717, 1.165) is 61.2 Å². The van der Waals surface area contributed by atoms with Crippen LogP contribution in [-0.4, -0.2) is 87.4 Å². The van der Waals surface area contributed by atoms with Crippen molar-refractivity contribution < 1.29 is 18.8 Å². The van der Waals surface area contributed by atoms with E-state index in [1.165, 1.54) is 24.3 Å². The number of likely N-dealkylation sites (tertiary alicyclic amines) is 1. The van der Waals surface area contributed by atoms with Crippen molar-refractivity contribution in [2.45, 2.75) is 32.9 Å². The minimum Gasteiger partial charge on any atom is -0.384 e. The molecule has 0 unspecified atom stereocenters. The fourth-order valence-electron chi connectivity index (χ4n) is 9.27. The predicted octanol–water partition coefficient (Wildman–Crippen LogP) is 9.17. The number of nitrogens with two attached hydrogens (primary N) is 1. The van der Waals surface area contributed by atoms with Gasteiger partial charge in [0.25, 0.3) is 11.8 Å². The Hall–Kier alpha value is -8.66. The highest BCUT2D eigenvalue weighted by atomic mass is 19.1. The van der Waals surface area contributed by atoms with Gasteiger partial charge in [-0.1, -0.05) is 36.4 Å². The van der Waals surface area contributed by atoms with Crippen LogP contribution in [0.1, 0.15) is 61.1 Å². The molecule has 0 bridgehead atoms. The van der Waals surface area contributed by atoms with E-state index in [9.17, 15) is 18.8 Å². The molecule has 68 heavy (non-hydrogen) atoms. The van der Waals surface area contributed by atoms with Crippen LogP contribution in [0.25, 0.3) is 66.6 Å². The summed E-state index contributed by atoms with van der Waals surface area (Å²) in [4.78, 5) is 76.3. The van der Waals surface area contributed by atoms with Crippen LogP contribution in [0.3, 0.4) is 0 Å². The van der Waals surface area contributed by atoms with E-state index in [-0.39, 0.29) is 35.9 Å². The minimum atomic E-state index is -0.381. The monoisotopic (exact) mass is 904 g/mol. The molecule has 338 valence electrons. The fraction of sp³-hybridized carbons (Fsp3) is 0.173. The number of Topliss-reactive ketones (excluding diaryl/α,β-unsaturated/α-hetero) is 1. The molecule has 0 radical (unpaired) electrons. The quantitative estimate of drug-likeness (QED) is 0.0683. The highest BCUT2D eigenvalue weighted by molar-refractivity contribution is 6.02. The molecule has 1 saturated heterocycles. The van der Waals surface area contributed by atoms with Gasteiger partial charge >= 0.3 is 0 Å². The average molecular weight is 905 g/mol. The fourth-order valence-corrected chi connectivity index (χ4v) is 9.27. The predicted molar refractivity (Wildman–Crippen MR) is 260 cm³/mol. The maximum absolute atomic E-state index is 13.7. The Morgan fingerprint density at radius 2 is 1.41 bits per heavy atom. The SMILES string of the molecule is Cc1nc2nc(NCc3nc4nc(N)cc(-c5cc6cc(C(=O)N7CCC(C(=O)c8ccc(F)cc8)CC7)ccc6[nH]5)c4[nH]3)cc(-c3cc4ccc(C(=O)N(C)Cc5ccccc5)cc4[nH]3)c2[nH]1. The number of amides is 2. The molecule has 15 nitrogen and oxygen atoms in total. The maximum atomic E-state index is 13.7. The number of rotatable bonds is 11. The Labute approximate surface area is 388 Å².